The van der Waals surface area contributed by atoms with E-state index in [0.717, 1.165) is 6.92 Å². The second-order valence-electron chi connectivity index (χ2n) is 2.06. The van der Waals surface area contributed by atoms with Crippen LogP contribution in [0.5, 0.6) is 0 Å². The van der Waals surface area contributed by atoms with Gasteiger partial charge in [0.25, 0.3) is 5.97 Å². The molecule has 0 amide bonds. The first-order valence-corrected chi connectivity index (χ1v) is 3.99. The summed E-state index contributed by atoms with van der Waals surface area (Å²) in [5.41, 5.74) is 5.53. The second kappa shape index (κ2) is 5.47. The molecule has 0 aliphatic rings. The van der Waals surface area contributed by atoms with Crippen LogP contribution in [0.1, 0.15) is 6.92 Å². The lowest BCUT2D eigenvalue weighted by Crippen LogP contribution is -1.88. The Morgan fingerprint density at radius 3 is 2.54 bits per heavy atom. The van der Waals surface area contributed by atoms with Crippen LogP contribution in [-0.4, -0.2) is 16.1 Å². The van der Waals surface area contributed by atoms with Crippen molar-refractivity contribution < 1.29 is 14.3 Å². The van der Waals surface area contributed by atoms with Crippen molar-refractivity contribution in [1.82, 2.24) is 4.98 Å². The smallest absolute Gasteiger partial charge is 0.300 e. The van der Waals surface area contributed by atoms with Gasteiger partial charge in [-0.25, -0.2) is 9.37 Å². The van der Waals surface area contributed by atoms with Gasteiger partial charge in [-0.05, 0) is 15.9 Å². The number of aliphatic carboxylic acids is 1. The summed E-state index contributed by atoms with van der Waals surface area (Å²) in [6, 6.07) is 1.21. The molecule has 0 saturated heterocycles. The largest absolute Gasteiger partial charge is 0.481 e. The molecule has 0 spiro atoms. The third kappa shape index (κ3) is 6.03. The fourth-order valence-corrected chi connectivity index (χ4v) is 0.653. The summed E-state index contributed by atoms with van der Waals surface area (Å²) in [6.45, 7) is 1.08. The monoisotopic (exact) mass is 250 g/mol. The Bertz CT molecular complexity index is 303. The number of aromatic nitrogens is 1. The maximum absolute atomic E-state index is 12.4. The van der Waals surface area contributed by atoms with E-state index in [9.17, 15) is 4.39 Å². The van der Waals surface area contributed by atoms with E-state index < -0.39 is 11.8 Å². The van der Waals surface area contributed by atoms with Crippen molar-refractivity contribution in [3.05, 3.63) is 22.7 Å². The molecule has 0 saturated carbocycles. The number of pyridine rings is 1. The number of halogens is 2. The molecule has 3 N–H and O–H groups in total. The number of hydrogen-bond acceptors (Lipinski definition) is 3. The van der Waals surface area contributed by atoms with Gasteiger partial charge in [0.2, 0.25) is 0 Å². The molecule has 72 valence electrons. The van der Waals surface area contributed by atoms with E-state index in [4.69, 9.17) is 15.6 Å². The normalized spacial score (nSPS) is 8.54. The number of hydrogen-bond donors (Lipinski definition) is 2. The average Bonchev–Trinajstić information content (AvgIpc) is 1.96. The molecule has 1 aromatic heterocycles. The lowest BCUT2D eigenvalue weighted by atomic mass is 10.4. The van der Waals surface area contributed by atoms with Gasteiger partial charge in [-0.2, -0.15) is 0 Å². The van der Waals surface area contributed by atoms with Gasteiger partial charge in [-0.1, -0.05) is 0 Å². The van der Waals surface area contributed by atoms with Crippen LogP contribution >= 0.6 is 15.9 Å². The zero-order valence-electron chi connectivity index (χ0n) is 6.79. The van der Waals surface area contributed by atoms with Crippen LogP contribution in [0.25, 0.3) is 0 Å². The summed E-state index contributed by atoms with van der Waals surface area (Å²) in [6.07, 6.45) is 1.38. The van der Waals surface area contributed by atoms with Crippen LogP contribution in [0.2, 0.25) is 0 Å². The number of carbonyl (C=O) groups is 1. The number of anilines is 1. The highest BCUT2D eigenvalue weighted by Crippen LogP contribution is 2.12. The summed E-state index contributed by atoms with van der Waals surface area (Å²) >= 11 is 2.89. The fourth-order valence-electron chi connectivity index (χ4n) is 0.436. The van der Waals surface area contributed by atoms with Crippen LogP contribution < -0.4 is 5.73 Å². The lowest BCUT2D eigenvalue weighted by Gasteiger charge is -1.92. The third-order valence-corrected chi connectivity index (χ3v) is 1.40. The van der Waals surface area contributed by atoms with Gasteiger partial charge in [0.15, 0.2) is 5.82 Å². The van der Waals surface area contributed by atoms with Crippen LogP contribution in [0.3, 0.4) is 0 Å². The molecule has 1 heterocycles. The van der Waals surface area contributed by atoms with Gasteiger partial charge < -0.3 is 10.8 Å². The lowest BCUT2D eigenvalue weighted by molar-refractivity contribution is -0.134. The molecule has 6 heteroatoms. The van der Waals surface area contributed by atoms with Crippen molar-refractivity contribution in [2.24, 2.45) is 0 Å². The Kier molecular flexibility index (Phi) is 4.98. The quantitative estimate of drug-likeness (QED) is 0.687. The van der Waals surface area contributed by atoms with Crippen molar-refractivity contribution in [2.75, 3.05) is 5.73 Å². The first-order valence-electron chi connectivity index (χ1n) is 3.19. The molecular weight excluding hydrogens is 243 g/mol. The van der Waals surface area contributed by atoms with Crippen LogP contribution in [0.4, 0.5) is 10.1 Å². The minimum Gasteiger partial charge on any atom is -0.481 e. The topological polar surface area (TPSA) is 76.2 Å². The fraction of sp³-hybridized carbons (Fsp3) is 0.143. The zero-order chi connectivity index (χ0) is 10.4. The van der Waals surface area contributed by atoms with E-state index in [1.165, 1.54) is 12.3 Å². The minimum absolute atomic E-state index is 0.191. The van der Waals surface area contributed by atoms with E-state index in [-0.39, 0.29) is 4.60 Å². The molecule has 0 unspecified atom stereocenters. The highest BCUT2D eigenvalue weighted by molar-refractivity contribution is 9.10. The maximum atomic E-state index is 12.4. The molecule has 0 aromatic carbocycles. The van der Waals surface area contributed by atoms with Crippen molar-refractivity contribution >= 4 is 27.6 Å². The average molecular weight is 251 g/mol. The summed E-state index contributed by atoms with van der Waals surface area (Å²) in [5, 5.41) is 7.42. The highest BCUT2D eigenvalue weighted by Gasteiger charge is 1.97. The van der Waals surface area contributed by atoms with Crippen molar-refractivity contribution in [3.63, 3.8) is 0 Å². The summed E-state index contributed by atoms with van der Waals surface area (Å²) in [5.74, 6) is -1.27. The Balaban J connectivity index is 0.000000310. The van der Waals surface area contributed by atoms with Gasteiger partial charge in [0.1, 0.15) is 4.60 Å². The number of carboxylic acids is 1. The SMILES string of the molecule is CC(=O)O.Nc1cnc(Br)c(F)c1. The molecular formula is C7H8BrFN2O2. The summed E-state index contributed by atoms with van der Waals surface area (Å²) < 4.78 is 12.6. The molecule has 1 rings (SSSR count). The standard InChI is InChI=1S/C5H4BrFN2.C2H4O2/c6-5-4(7)1-3(8)2-9-5;1-2(3)4/h1-2H,8H2;1H3,(H,3,4). The molecule has 1 aromatic rings. The molecule has 0 fully saturated rings. The van der Waals surface area contributed by atoms with Crippen LogP contribution in [0, 0.1) is 5.82 Å². The number of nitrogens with zero attached hydrogens (tertiary/aromatic N) is 1. The van der Waals surface area contributed by atoms with E-state index in [1.807, 2.05) is 0 Å². The predicted octanol–water partition coefficient (Wildman–Crippen LogP) is 1.66. The Hall–Kier alpha value is -1.17. The molecule has 0 aliphatic carbocycles. The molecule has 0 aliphatic heterocycles. The Morgan fingerprint density at radius 2 is 2.23 bits per heavy atom. The van der Waals surface area contributed by atoms with E-state index in [2.05, 4.69) is 20.9 Å². The van der Waals surface area contributed by atoms with Gasteiger partial charge in [-0.3, -0.25) is 4.79 Å². The van der Waals surface area contributed by atoms with Crippen molar-refractivity contribution in [2.45, 2.75) is 6.92 Å². The van der Waals surface area contributed by atoms with Crippen molar-refractivity contribution in [1.29, 1.82) is 0 Å². The van der Waals surface area contributed by atoms with Gasteiger partial charge in [-0.15, -0.1) is 0 Å². The molecule has 0 atom stereocenters. The predicted molar refractivity (Wildman–Crippen MR) is 49.6 cm³/mol. The summed E-state index contributed by atoms with van der Waals surface area (Å²) in [4.78, 5) is 12.6. The number of rotatable bonds is 0. The molecule has 4 nitrogen and oxygen atoms in total. The van der Waals surface area contributed by atoms with Crippen molar-refractivity contribution in [3.8, 4) is 0 Å². The first-order chi connectivity index (χ1) is 5.93. The van der Waals surface area contributed by atoms with Gasteiger partial charge in [0.05, 0.1) is 11.9 Å². The highest BCUT2D eigenvalue weighted by atomic mass is 79.9. The Morgan fingerprint density at radius 1 is 1.77 bits per heavy atom. The maximum Gasteiger partial charge on any atom is 0.300 e. The first kappa shape index (κ1) is 11.8. The van der Waals surface area contributed by atoms with E-state index in [1.54, 1.807) is 0 Å². The van der Waals surface area contributed by atoms with Crippen LogP contribution in [-0.2, 0) is 4.79 Å². The number of nitrogens with two attached hydrogens (primary N) is 1. The minimum atomic E-state index is -0.833. The van der Waals surface area contributed by atoms with Gasteiger partial charge >= 0.3 is 0 Å². The zero-order valence-corrected chi connectivity index (χ0v) is 8.38. The molecule has 0 radical (unpaired) electrons. The van der Waals surface area contributed by atoms with Gasteiger partial charge in [0, 0.05) is 13.0 Å². The van der Waals surface area contributed by atoms with Crippen LogP contribution in [0.15, 0.2) is 16.9 Å². The van der Waals surface area contributed by atoms with E-state index >= 15 is 0 Å². The Labute approximate surface area is 82.7 Å². The number of nitrogen functional groups attached to an aromatic ring is 1. The summed E-state index contributed by atoms with van der Waals surface area (Å²) in [7, 11) is 0. The second-order valence-corrected chi connectivity index (χ2v) is 2.81. The molecule has 13 heavy (non-hydrogen) atoms. The van der Waals surface area contributed by atoms with E-state index in [0.29, 0.717) is 5.69 Å². The molecule has 0 bridgehead atoms. The third-order valence-electron chi connectivity index (χ3n) is 0.817. The number of carboxylic acid groups (broad SMARTS) is 1.